The second-order valence-electron chi connectivity index (χ2n) is 6.98. The normalized spacial score (nSPS) is 15.3. The van der Waals surface area contributed by atoms with Gasteiger partial charge in [0.05, 0.1) is 11.2 Å². The first-order chi connectivity index (χ1) is 13.1. The summed E-state index contributed by atoms with van der Waals surface area (Å²) in [5.41, 5.74) is 3.26. The molecule has 1 fully saturated rings. The van der Waals surface area contributed by atoms with Crippen LogP contribution in [0.2, 0.25) is 0 Å². The van der Waals surface area contributed by atoms with Crippen LogP contribution < -0.4 is 4.90 Å². The number of hydrogen-bond acceptors (Lipinski definition) is 4. The summed E-state index contributed by atoms with van der Waals surface area (Å²) >= 11 is 0. The molecule has 0 unspecified atom stereocenters. The van der Waals surface area contributed by atoms with Crippen LogP contribution in [-0.4, -0.2) is 41.8 Å². The predicted molar refractivity (Wildman–Crippen MR) is 106 cm³/mol. The largest absolute Gasteiger partial charge is 0.367 e. The number of fused-ring (bicyclic) bond motifs is 1. The number of pyridine rings is 1. The molecule has 138 valence electrons. The van der Waals surface area contributed by atoms with Gasteiger partial charge < -0.3 is 4.90 Å². The Balaban J connectivity index is 1.44. The molecule has 4 rings (SSSR count). The van der Waals surface area contributed by atoms with Gasteiger partial charge in [-0.1, -0.05) is 24.3 Å². The summed E-state index contributed by atoms with van der Waals surface area (Å²) in [7, 11) is 0. The number of piperazine rings is 1. The maximum absolute atomic E-state index is 14.4. The van der Waals surface area contributed by atoms with Crippen molar-refractivity contribution in [1.82, 2.24) is 9.88 Å². The average molecular weight is 363 g/mol. The average Bonchev–Trinajstić information content (AvgIpc) is 2.69. The number of rotatable bonds is 4. The van der Waals surface area contributed by atoms with E-state index in [2.05, 4.69) is 39.0 Å². The van der Waals surface area contributed by atoms with Crippen molar-refractivity contribution in [3.8, 4) is 0 Å². The molecule has 1 aliphatic heterocycles. The first-order valence-corrected chi connectivity index (χ1v) is 9.22. The number of nitrogens with zero attached hydrogens (tertiary/aromatic N) is 3. The van der Waals surface area contributed by atoms with Crippen LogP contribution in [0.4, 0.5) is 10.1 Å². The maximum atomic E-state index is 14.4. The first-order valence-electron chi connectivity index (χ1n) is 9.22. The third-order valence-corrected chi connectivity index (χ3v) is 5.18. The molecule has 1 saturated heterocycles. The summed E-state index contributed by atoms with van der Waals surface area (Å²) in [6.07, 6.45) is 1.83. The van der Waals surface area contributed by atoms with E-state index in [9.17, 15) is 9.18 Å². The van der Waals surface area contributed by atoms with Crippen molar-refractivity contribution >= 4 is 22.4 Å². The lowest BCUT2D eigenvalue weighted by atomic mass is 10.1. The zero-order valence-corrected chi connectivity index (χ0v) is 15.4. The van der Waals surface area contributed by atoms with Gasteiger partial charge in [0.1, 0.15) is 5.82 Å². The highest BCUT2D eigenvalue weighted by Gasteiger charge is 2.20. The van der Waals surface area contributed by atoms with Crippen LogP contribution in [-0.2, 0) is 6.54 Å². The molecule has 1 aliphatic rings. The lowest BCUT2D eigenvalue weighted by molar-refractivity contribution is 0.101. The van der Waals surface area contributed by atoms with Crippen molar-refractivity contribution in [2.45, 2.75) is 13.5 Å². The molecule has 0 bridgehead atoms. The first kappa shape index (κ1) is 17.6. The number of ketones is 1. The van der Waals surface area contributed by atoms with Crippen LogP contribution >= 0.6 is 0 Å². The monoisotopic (exact) mass is 363 g/mol. The zero-order valence-electron chi connectivity index (χ0n) is 15.4. The van der Waals surface area contributed by atoms with E-state index in [-0.39, 0.29) is 11.6 Å². The van der Waals surface area contributed by atoms with Crippen molar-refractivity contribution in [3.63, 3.8) is 0 Å². The van der Waals surface area contributed by atoms with E-state index in [1.807, 2.05) is 12.3 Å². The molecule has 5 heteroatoms. The van der Waals surface area contributed by atoms with Crippen molar-refractivity contribution in [2.24, 2.45) is 0 Å². The van der Waals surface area contributed by atoms with Crippen molar-refractivity contribution in [3.05, 3.63) is 71.7 Å². The van der Waals surface area contributed by atoms with Gasteiger partial charge in [-0.05, 0) is 36.8 Å². The van der Waals surface area contributed by atoms with Gasteiger partial charge in [0.2, 0.25) is 0 Å². The van der Waals surface area contributed by atoms with E-state index < -0.39 is 0 Å². The van der Waals surface area contributed by atoms with Gasteiger partial charge in [0.25, 0.3) is 0 Å². The summed E-state index contributed by atoms with van der Waals surface area (Å²) < 4.78 is 14.4. The smallest absolute Gasteiger partial charge is 0.159 e. The standard InChI is InChI=1S/C22H22FN3O/c1-16(27)18-7-8-21(20(23)14-18)26-12-10-25(11-13-26)15-19-5-2-4-17-6-3-9-24-22(17)19/h2-9,14H,10-13,15H2,1H3. The summed E-state index contributed by atoms with van der Waals surface area (Å²) in [5.74, 6) is -0.441. The highest BCUT2D eigenvalue weighted by molar-refractivity contribution is 5.94. The van der Waals surface area contributed by atoms with E-state index in [0.29, 0.717) is 11.3 Å². The van der Waals surface area contributed by atoms with Gasteiger partial charge in [0.15, 0.2) is 5.78 Å². The van der Waals surface area contributed by atoms with Crippen LogP contribution in [0.15, 0.2) is 54.7 Å². The van der Waals surface area contributed by atoms with Crippen molar-refractivity contribution in [1.29, 1.82) is 0 Å². The van der Waals surface area contributed by atoms with Crippen LogP contribution in [0.5, 0.6) is 0 Å². The van der Waals surface area contributed by atoms with Crippen molar-refractivity contribution < 1.29 is 9.18 Å². The van der Waals surface area contributed by atoms with Gasteiger partial charge in [-0.25, -0.2) is 4.39 Å². The SMILES string of the molecule is CC(=O)c1ccc(N2CCN(Cc3cccc4cccnc34)CC2)c(F)c1. The molecule has 4 nitrogen and oxygen atoms in total. The molecular weight excluding hydrogens is 341 g/mol. The highest BCUT2D eigenvalue weighted by atomic mass is 19.1. The molecule has 0 aliphatic carbocycles. The number of aromatic nitrogens is 1. The summed E-state index contributed by atoms with van der Waals surface area (Å²) in [5, 5.41) is 1.15. The second-order valence-corrected chi connectivity index (χ2v) is 6.98. The third kappa shape index (κ3) is 3.69. The zero-order chi connectivity index (χ0) is 18.8. The molecule has 2 heterocycles. The number of halogens is 1. The van der Waals surface area contributed by atoms with E-state index in [4.69, 9.17) is 0 Å². The molecule has 0 atom stereocenters. The third-order valence-electron chi connectivity index (χ3n) is 5.18. The topological polar surface area (TPSA) is 36.4 Å². The number of benzene rings is 2. The minimum atomic E-state index is -0.325. The van der Waals surface area contributed by atoms with E-state index in [1.54, 1.807) is 12.1 Å². The lowest BCUT2D eigenvalue weighted by Gasteiger charge is -2.36. The maximum Gasteiger partial charge on any atom is 0.159 e. The molecule has 0 radical (unpaired) electrons. The summed E-state index contributed by atoms with van der Waals surface area (Å²) in [6, 6.07) is 15.1. The molecule has 3 aromatic rings. The molecule has 1 aromatic heterocycles. The Kier molecular flexibility index (Phi) is 4.86. The minimum Gasteiger partial charge on any atom is -0.367 e. The number of para-hydroxylation sites is 1. The number of hydrogen-bond donors (Lipinski definition) is 0. The Morgan fingerprint density at radius 2 is 1.85 bits per heavy atom. The fourth-order valence-corrected chi connectivity index (χ4v) is 3.67. The Hall–Kier alpha value is -2.79. The minimum absolute atomic E-state index is 0.117. The Morgan fingerprint density at radius 3 is 2.59 bits per heavy atom. The van der Waals surface area contributed by atoms with Gasteiger partial charge in [-0.2, -0.15) is 0 Å². The van der Waals surface area contributed by atoms with Crippen LogP contribution in [0.3, 0.4) is 0 Å². The summed E-state index contributed by atoms with van der Waals surface area (Å²) in [4.78, 5) is 20.4. The van der Waals surface area contributed by atoms with E-state index >= 15 is 0 Å². The Morgan fingerprint density at radius 1 is 1.07 bits per heavy atom. The van der Waals surface area contributed by atoms with Gasteiger partial charge in [-0.3, -0.25) is 14.7 Å². The van der Waals surface area contributed by atoms with Crippen molar-refractivity contribution in [2.75, 3.05) is 31.1 Å². The molecular formula is C22H22FN3O. The van der Waals surface area contributed by atoms with Crippen LogP contribution in [0, 0.1) is 5.82 Å². The van der Waals surface area contributed by atoms with Gasteiger partial charge >= 0.3 is 0 Å². The van der Waals surface area contributed by atoms with Gasteiger partial charge in [0, 0.05) is 49.9 Å². The molecule has 0 N–H and O–H groups in total. The second kappa shape index (κ2) is 7.45. The summed E-state index contributed by atoms with van der Waals surface area (Å²) in [6.45, 7) is 5.53. The fourth-order valence-electron chi connectivity index (χ4n) is 3.67. The number of carbonyl (C=O) groups excluding carboxylic acids is 1. The van der Waals surface area contributed by atoms with Gasteiger partial charge in [-0.15, -0.1) is 0 Å². The molecule has 27 heavy (non-hydrogen) atoms. The fraction of sp³-hybridized carbons (Fsp3) is 0.273. The van der Waals surface area contributed by atoms with Crippen LogP contribution in [0.25, 0.3) is 10.9 Å². The van der Waals surface area contributed by atoms with Crippen LogP contribution in [0.1, 0.15) is 22.8 Å². The number of anilines is 1. The Bertz CT molecular complexity index is 975. The predicted octanol–water partition coefficient (Wildman–Crippen LogP) is 3.90. The van der Waals surface area contributed by atoms with E-state index in [1.165, 1.54) is 18.6 Å². The molecule has 2 aromatic carbocycles. The molecule has 0 saturated carbocycles. The Labute approximate surface area is 158 Å². The quantitative estimate of drug-likeness (QED) is 0.659. The lowest BCUT2D eigenvalue weighted by Crippen LogP contribution is -2.46. The highest BCUT2D eigenvalue weighted by Crippen LogP contribution is 2.24. The molecule has 0 amide bonds. The number of Topliss-reactive ketones (excluding diaryl/α,β-unsaturated/α-hetero) is 1. The van der Waals surface area contributed by atoms with E-state index in [0.717, 1.165) is 43.6 Å². The molecule has 0 spiro atoms. The number of carbonyl (C=O) groups is 1.